The number of nitrogens with one attached hydrogen (secondary N) is 2. The number of benzene rings is 2. The summed E-state index contributed by atoms with van der Waals surface area (Å²) in [6, 6.07) is 12.4. The van der Waals surface area contributed by atoms with Crippen LogP contribution >= 0.6 is 0 Å². The molecule has 0 aliphatic carbocycles. The van der Waals surface area contributed by atoms with Gasteiger partial charge in [0.05, 0.1) is 12.1 Å². The minimum atomic E-state index is -0.427. The lowest BCUT2D eigenvalue weighted by Gasteiger charge is -2.18. The zero-order valence-corrected chi connectivity index (χ0v) is 18.0. The second kappa shape index (κ2) is 9.93. The Kier molecular flexibility index (Phi) is 7.32. The van der Waals surface area contributed by atoms with Gasteiger partial charge in [-0.2, -0.15) is 0 Å². The molecule has 1 amide bonds. The molecule has 4 nitrogen and oxygen atoms in total. The Morgan fingerprint density at radius 1 is 0.966 bits per heavy atom. The molecule has 0 spiro atoms. The van der Waals surface area contributed by atoms with Gasteiger partial charge in [0.25, 0.3) is 5.91 Å². The number of fused-ring (bicyclic) bond motifs is 1. The molecular weight excluding hydrogens is 360 g/mol. The monoisotopic (exact) mass is 394 g/mol. The lowest BCUT2D eigenvalue weighted by Crippen LogP contribution is -2.38. The van der Waals surface area contributed by atoms with E-state index < -0.39 is 5.54 Å². The van der Waals surface area contributed by atoms with Crippen molar-refractivity contribution >= 4 is 22.8 Å². The van der Waals surface area contributed by atoms with Gasteiger partial charge in [0, 0.05) is 11.1 Å². The highest BCUT2D eigenvalue weighted by Crippen LogP contribution is 2.33. The van der Waals surface area contributed by atoms with E-state index in [0.29, 0.717) is 6.61 Å². The summed E-state index contributed by atoms with van der Waals surface area (Å²) >= 11 is 0. The Balaban J connectivity index is 1.76. The van der Waals surface area contributed by atoms with Crippen molar-refractivity contribution in [3.63, 3.8) is 0 Å². The highest BCUT2D eigenvalue weighted by Gasteiger charge is 2.35. The molecule has 0 saturated carbocycles. The van der Waals surface area contributed by atoms with Crippen LogP contribution in [0.3, 0.4) is 0 Å². The van der Waals surface area contributed by atoms with E-state index in [2.05, 4.69) is 36.0 Å². The first-order chi connectivity index (χ1) is 14.0. The normalized spacial score (nSPS) is 17.1. The van der Waals surface area contributed by atoms with Crippen molar-refractivity contribution in [2.24, 2.45) is 0 Å². The van der Waals surface area contributed by atoms with E-state index in [9.17, 15) is 4.79 Å². The van der Waals surface area contributed by atoms with Gasteiger partial charge in [0.15, 0.2) is 0 Å². The van der Waals surface area contributed by atoms with Crippen LogP contribution < -0.4 is 15.6 Å². The van der Waals surface area contributed by atoms with Crippen LogP contribution in [0.2, 0.25) is 0 Å². The lowest BCUT2D eigenvalue weighted by molar-refractivity contribution is -0.116. The van der Waals surface area contributed by atoms with E-state index in [-0.39, 0.29) is 5.91 Å². The maximum atomic E-state index is 12.4. The van der Waals surface area contributed by atoms with Crippen molar-refractivity contribution in [2.75, 3.05) is 6.61 Å². The van der Waals surface area contributed by atoms with E-state index in [1.807, 2.05) is 38.1 Å². The van der Waals surface area contributed by atoms with E-state index in [0.717, 1.165) is 34.1 Å². The van der Waals surface area contributed by atoms with E-state index in [4.69, 9.17) is 4.74 Å². The standard InChI is InChI=1S/C25H34N2O2/c1-4-5-6-7-8-9-12-17-29-23-16-15-19-13-10-11-14-20(19)21(23)18-22-24(28)26-27-25(22,2)3/h10-11,13-16,18,27H,4-9,12,17H2,1-3H3,(H,26,28)/b22-18+. The molecule has 1 aliphatic heterocycles. The van der Waals surface area contributed by atoms with E-state index >= 15 is 0 Å². The fraction of sp³-hybridized carbons (Fsp3) is 0.480. The molecule has 0 unspecified atom stereocenters. The Hall–Kier alpha value is -2.33. The molecule has 4 heteroatoms. The third kappa shape index (κ3) is 5.39. The molecule has 2 aromatic rings. The third-order valence-corrected chi connectivity index (χ3v) is 5.63. The van der Waals surface area contributed by atoms with Gasteiger partial charge >= 0.3 is 0 Å². The maximum absolute atomic E-state index is 12.4. The topological polar surface area (TPSA) is 50.4 Å². The summed E-state index contributed by atoms with van der Waals surface area (Å²) in [6.45, 7) is 6.95. The number of hydrogen-bond donors (Lipinski definition) is 2. The number of carbonyl (C=O) groups excluding carboxylic acids is 1. The van der Waals surface area contributed by atoms with Crippen LogP contribution in [0.15, 0.2) is 42.0 Å². The zero-order chi connectivity index (χ0) is 20.7. The summed E-state index contributed by atoms with van der Waals surface area (Å²) in [5.41, 5.74) is 7.06. The number of unbranched alkanes of at least 4 members (excludes halogenated alkanes) is 6. The SMILES string of the molecule is CCCCCCCCCOc1ccc2ccccc2c1/C=C1\C(=O)NNC1(C)C. The average Bonchev–Trinajstić information content (AvgIpc) is 2.97. The first-order valence-electron chi connectivity index (χ1n) is 11.0. The third-order valence-electron chi connectivity index (χ3n) is 5.63. The van der Waals surface area contributed by atoms with Crippen LogP contribution in [0.1, 0.15) is 71.3 Å². The predicted octanol–water partition coefficient (Wildman–Crippen LogP) is 5.77. The Morgan fingerprint density at radius 2 is 1.69 bits per heavy atom. The van der Waals surface area contributed by atoms with Gasteiger partial charge in [-0.3, -0.25) is 10.2 Å². The van der Waals surface area contributed by atoms with Crippen molar-refractivity contribution in [3.8, 4) is 5.75 Å². The first-order valence-corrected chi connectivity index (χ1v) is 11.0. The summed E-state index contributed by atoms with van der Waals surface area (Å²) < 4.78 is 6.19. The molecule has 0 radical (unpaired) electrons. The van der Waals surface area contributed by atoms with Gasteiger partial charge in [-0.15, -0.1) is 0 Å². The number of carbonyl (C=O) groups is 1. The Morgan fingerprint density at radius 3 is 2.41 bits per heavy atom. The van der Waals surface area contributed by atoms with Crippen LogP contribution in [0.5, 0.6) is 5.75 Å². The summed E-state index contributed by atoms with van der Waals surface area (Å²) in [7, 11) is 0. The molecule has 0 aromatic heterocycles. The summed E-state index contributed by atoms with van der Waals surface area (Å²) in [6.07, 6.45) is 10.8. The Labute approximate surface area is 174 Å². The molecule has 156 valence electrons. The average molecular weight is 395 g/mol. The van der Waals surface area contributed by atoms with Crippen molar-refractivity contribution in [1.82, 2.24) is 10.9 Å². The molecule has 3 rings (SSSR count). The summed E-state index contributed by atoms with van der Waals surface area (Å²) in [4.78, 5) is 12.4. The van der Waals surface area contributed by atoms with Gasteiger partial charge in [-0.25, -0.2) is 5.43 Å². The molecule has 1 fully saturated rings. The van der Waals surface area contributed by atoms with Gasteiger partial charge in [-0.05, 0) is 43.2 Å². The van der Waals surface area contributed by atoms with Crippen LogP contribution in [-0.4, -0.2) is 18.1 Å². The van der Waals surface area contributed by atoms with Gasteiger partial charge < -0.3 is 4.74 Å². The number of rotatable bonds is 10. The lowest BCUT2D eigenvalue weighted by atomic mass is 9.92. The first kappa shape index (κ1) is 21.4. The number of hydrogen-bond acceptors (Lipinski definition) is 3. The number of hydrazine groups is 1. The number of amides is 1. The highest BCUT2D eigenvalue weighted by atomic mass is 16.5. The van der Waals surface area contributed by atoms with Gasteiger partial charge in [0.1, 0.15) is 5.75 Å². The second-order valence-electron chi connectivity index (χ2n) is 8.43. The predicted molar refractivity (Wildman–Crippen MR) is 121 cm³/mol. The molecule has 0 bridgehead atoms. The molecule has 2 N–H and O–H groups in total. The maximum Gasteiger partial charge on any atom is 0.263 e. The van der Waals surface area contributed by atoms with Gasteiger partial charge in [-0.1, -0.05) is 75.8 Å². The summed E-state index contributed by atoms with van der Waals surface area (Å²) in [5.74, 6) is 0.763. The largest absolute Gasteiger partial charge is 0.493 e. The molecule has 1 heterocycles. The van der Waals surface area contributed by atoms with Crippen LogP contribution in [0.4, 0.5) is 0 Å². The number of ether oxygens (including phenoxy) is 1. The zero-order valence-electron chi connectivity index (χ0n) is 18.0. The van der Waals surface area contributed by atoms with Gasteiger partial charge in [0.2, 0.25) is 0 Å². The minimum absolute atomic E-state index is 0.0824. The molecule has 1 aliphatic rings. The van der Waals surface area contributed by atoms with Crippen molar-refractivity contribution in [3.05, 3.63) is 47.5 Å². The fourth-order valence-corrected chi connectivity index (χ4v) is 3.81. The molecule has 0 atom stereocenters. The van der Waals surface area contributed by atoms with Crippen LogP contribution in [-0.2, 0) is 4.79 Å². The Bertz CT molecular complexity index is 870. The van der Waals surface area contributed by atoms with Crippen LogP contribution in [0, 0.1) is 0 Å². The van der Waals surface area contributed by atoms with Crippen molar-refractivity contribution in [2.45, 2.75) is 71.3 Å². The molecule has 1 saturated heterocycles. The van der Waals surface area contributed by atoms with Crippen molar-refractivity contribution < 1.29 is 9.53 Å². The van der Waals surface area contributed by atoms with Crippen LogP contribution in [0.25, 0.3) is 16.8 Å². The molecule has 2 aromatic carbocycles. The van der Waals surface area contributed by atoms with E-state index in [1.165, 1.54) is 38.5 Å². The molecular formula is C25H34N2O2. The summed E-state index contributed by atoms with van der Waals surface area (Å²) in [5, 5.41) is 2.25. The van der Waals surface area contributed by atoms with Crippen molar-refractivity contribution in [1.29, 1.82) is 0 Å². The second-order valence-corrected chi connectivity index (χ2v) is 8.43. The quantitative estimate of drug-likeness (QED) is 0.397. The molecule has 29 heavy (non-hydrogen) atoms. The smallest absolute Gasteiger partial charge is 0.263 e. The highest BCUT2D eigenvalue weighted by molar-refractivity contribution is 6.05. The fourth-order valence-electron chi connectivity index (χ4n) is 3.81. The minimum Gasteiger partial charge on any atom is -0.493 e. The van der Waals surface area contributed by atoms with E-state index in [1.54, 1.807) is 0 Å².